The van der Waals surface area contributed by atoms with Crippen molar-refractivity contribution < 1.29 is 9.53 Å². The molecule has 0 spiro atoms. The second kappa shape index (κ2) is 5.49. The molecule has 0 N–H and O–H groups in total. The summed E-state index contributed by atoms with van der Waals surface area (Å²) < 4.78 is 5.56. The van der Waals surface area contributed by atoms with Crippen molar-refractivity contribution in [2.75, 3.05) is 6.54 Å². The van der Waals surface area contributed by atoms with Crippen LogP contribution in [0.15, 0.2) is 24.8 Å². The zero-order valence-corrected chi connectivity index (χ0v) is 13.0. The minimum Gasteiger partial charge on any atom is -0.459 e. The average Bonchev–Trinajstić information content (AvgIpc) is 2.22. The highest BCUT2D eigenvalue weighted by atomic mass is 16.5. The van der Waals surface area contributed by atoms with Crippen LogP contribution in [0.5, 0.6) is 0 Å². The van der Waals surface area contributed by atoms with Gasteiger partial charge in [0, 0.05) is 36.0 Å². The van der Waals surface area contributed by atoms with Gasteiger partial charge in [-0.05, 0) is 34.6 Å². The van der Waals surface area contributed by atoms with Crippen LogP contribution in [0.3, 0.4) is 0 Å². The Morgan fingerprint density at radius 2 is 1.79 bits per heavy atom. The van der Waals surface area contributed by atoms with E-state index in [0.717, 1.165) is 19.4 Å². The molecule has 1 fully saturated rings. The number of esters is 1. The van der Waals surface area contributed by atoms with Gasteiger partial charge in [-0.15, -0.1) is 6.58 Å². The zero-order valence-electron chi connectivity index (χ0n) is 13.0. The first kappa shape index (κ1) is 16.0. The maximum Gasteiger partial charge on any atom is 0.333 e. The van der Waals surface area contributed by atoms with Gasteiger partial charge in [-0.1, -0.05) is 12.7 Å². The van der Waals surface area contributed by atoms with Crippen LogP contribution in [0.1, 0.15) is 47.5 Å². The summed E-state index contributed by atoms with van der Waals surface area (Å²) in [5.74, 6) is -0.284. The van der Waals surface area contributed by atoms with Crippen molar-refractivity contribution in [2.24, 2.45) is 0 Å². The second-order valence-corrected chi connectivity index (χ2v) is 6.74. The molecule has 3 nitrogen and oxygen atoms in total. The Balaban J connectivity index is 2.86. The first-order valence-corrected chi connectivity index (χ1v) is 6.85. The minimum atomic E-state index is -0.284. The van der Waals surface area contributed by atoms with Gasteiger partial charge < -0.3 is 4.74 Å². The van der Waals surface area contributed by atoms with E-state index in [-0.39, 0.29) is 23.2 Å². The van der Waals surface area contributed by atoms with E-state index in [2.05, 4.69) is 45.8 Å². The number of hydrogen-bond donors (Lipinski definition) is 0. The van der Waals surface area contributed by atoms with E-state index < -0.39 is 0 Å². The van der Waals surface area contributed by atoms with Gasteiger partial charge >= 0.3 is 5.97 Å². The van der Waals surface area contributed by atoms with E-state index >= 15 is 0 Å². The fourth-order valence-electron chi connectivity index (χ4n) is 3.18. The van der Waals surface area contributed by atoms with Crippen LogP contribution in [0.4, 0.5) is 0 Å². The van der Waals surface area contributed by atoms with E-state index in [1.165, 1.54) is 0 Å². The van der Waals surface area contributed by atoms with Crippen LogP contribution in [0, 0.1) is 0 Å². The summed E-state index contributed by atoms with van der Waals surface area (Å²) in [6, 6.07) is 0. The Labute approximate surface area is 117 Å². The van der Waals surface area contributed by atoms with Gasteiger partial charge in [0.05, 0.1) is 0 Å². The molecule has 0 atom stereocenters. The summed E-state index contributed by atoms with van der Waals surface area (Å²) in [5, 5.41) is 0. The largest absolute Gasteiger partial charge is 0.459 e. The summed E-state index contributed by atoms with van der Waals surface area (Å²) in [7, 11) is 0. The lowest BCUT2D eigenvalue weighted by Gasteiger charge is -2.54. The predicted molar refractivity (Wildman–Crippen MR) is 79.0 cm³/mol. The number of carbonyl (C=O) groups is 1. The molecule has 1 aliphatic heterocycles. The fourth-order valence-corrected chi connectivity index (χ4v) is 3.18. The van der Waals surface area contributed by atoms with E-state index in [4.69, 9.17) is 4.74 Å². The van der Waals surface area contributed by atoms with Crippen molar-refractivity contribution in [3.8, 4) is 0 Å². The third kappa shape index (κ3) is 3.69. The van der Waals surface area contributed by atoms with Gasteiger partial charge in [0.25, 0.3) is 0 Å². The highest BCUT2D eigenvalue weighted by Crippen LogP contribution is 2.39. The van der Waals surface area contributed by atoms with Gasteiger partial charge in [-0.2, -0.15) is 0 Å². The van der Waals surface area contributed by atoms with Gasteiger partial charge in [0.1, 0.15) is 6.10 Å². The molecule has 1 rings (SSSR count). The summed E-state index contributed by atoms with van der Waals surface area (Å²) >= 11 is 0. The molecule has 0 bridgehead atoms. The van der Waals surface area contributed by atoms with Crippen molar-refractivity contribution in [3.05, 3.63) is 24.8 Å². The van der Waals surface area contributed by atoms with E-state index in [9.17, 15) is 4.79 Å². The minimum absolute atomic E-state index is 0.0179. The first-order chi connectivity index (χ1) is 8.60. The highest BCUT2D eigenvalue weighted by molar-refractivity contribution is 5.87. The van der Waals surface area contributed by atoms with Crippen molar-refractivity contribution in [1.82, 2.24) is 4.90 Å². The summed E-state index contributed by atoms with van der Waals surface area (Å²) in [6.45, 7) is 18.8. The molecule has 0 aliphatic carbocycles. The number of ether oxygens (including phenoxy) is 1. The smallest absolute Gasteiger partial charge is 0.333 e. The molecule has 1 aliphatic rings. The van der Waals surface area contributed by atoms with E-state index in [1.807, 2.05) is 6.08 Å². The Morgan fingerprint density at radius 3 is 2.16 bits per heavy atom. The molecule has 1 heterocycles. The maximum absolute atomic E-state index is 11.7. The second-order valence-electron chi connectivity index (χ2n) is 6.74. The van der Waals surface area contributed by atoms with Crippen LogP contribution in [0.2, 0.25) is 0 Å². The average molecular weight is 265 g/mol. The molecule has 0 unspecified atom stereocenters. The van der Waals surface area contributed by atoms with Crippen LogP contribution in [0.25, 0.3) is 0 Å². The van der Waals surface area contributed by atoms with Crippen molar-refractivity contribution in [2.45, 2.75) is 64.6 Å². The molecule has 0 saturated carbocycles. The lowest BCUT2D eigenvalue weighted by Crippen LogP contribution is -2.62. The molecule has 19 heavy (non-hydrogen) atoms. The van der Waals surface area contributed by atoms with Crippen molar-refractivity contribution in [1.29, 1.82) is 0 Å². The van der Waals surface area contributed by atoms with Crippen LogP contribution in [-0.4, -0.2) is 34.6 Å². The summed E-state index contributed by atoms with van der Waals surface area (Å²) in [5.41, 5.74) is 0.426. The molecule has 0 amide bonds. The number of carbonyl (C=O) groups excluding carboxylic acids is 1. The fraction of sp³-hybridized carbons (Fsp3) is 0.688. The molecule has 0 aromatic heterocycles. The zero-order chi connectivity index (χ0) is 14.8. The Morgan fingerprint density at radius 1 is 1.32 bits per heavy atom. The first-order valence-electron chi connectivity index (χ1n) is 6.85. The monoisotopic (exact) mass is 265 g/mol. The number of piperidine rings is 1. The normalized spacial score (nSPS) is 22.8. The maximum atomic E-state index is 11.7. The summed E-state index contributed by atoms with van der Waals surface area (Å²) in [6.07, 6.45) is 3.56. The molecule has 0 radical (unpaired) electrons. The predicted octanol–water partition coefficient (Wildman–Crippen LogP) is 3.31. The molecule has 3 heteroatoms. The number of hydrogen-bond acceptors (Lipinski definition) is 3. The molecule has 0 aromatic rings. The van der Waals surface area contributed by atoms with Crippen molar-refractivity contribution >= 4 is 5.97 Å². The van der Waals surface area contributed by atoms with E-state index in [0.29, 0.717) is 5.57 Å². The lowest BCUT2D eigenvalue weighted by atomic mass is 9.78. The van der Waals surface area contributed by atoms with Crippen LogP contribution < -0.4 is 0 Å². The third-order valence-electron chi connectivity index (χ3n) is 3.85. The quantitative estimate of drug-likeness (QED) is 0.444. The SMILES string of the molecule is C=CCN1C(C)(C)CC(OC(=O)C(=C)C)CC1(C)C. The molecule has 1 saturated heterocycles. The number of rotatable bonds is 4. The van der Waals surface area contributed by atoms with Gasteiger partial charge in [0.15, 0.2) is 0 Å². The Bertz CT molecular complexity index is 364. The highest BCUT2D eigenvalue weighted by Gasteiger charge is 2.45. The molecule has 108 valence electrons. The molecule has 0 aromatic carbocycles. The topological polar surface area (TPSA) is 29.5 Å². The number of nitrogens with zero attached hydrogens (tertiary/aromatic N) is 1. The molecular weight excluding hydrogens is 238 g/mol. The standard InChI is InChI=1S/C16H27NO2/c1-8-9-17-15(4,5)10-13(11-16(17,6)7)19-14(18)12(2)3/h8,13H,1-2,9-11H2,3-7H3. The van der Waals surface area contributed by atoms with E-state index in [1.54, 1.807) is 6.92 Å². The third-order valence-corrected chi connectivity index (χ3v) is 3.85. The van der Waals surface area contributed by atoms with Gasteiger partial charge in [0.2, 0.25) is 0 Å². The van der Waals surface area contributed by atoms with Crippen molar-refractivity contribution in [3.63, 3.8) is 0 Å². The Kier molecular flexibility index (Phi) is 4.62. The van der Waals surface area contributed by atoms with Gasteiger partial charge in [-0.3, -0.25) is 4.90 Å². The lowest BCUT2D eigenvalue weighted by molar-refractivity contribution is -0.155. The van der Waals surface area contributed by atoms with Crippen LogP contribution >= 0.6 is 0 Å². The van der Waals surface area contributed by atoms with Gasteiger partial charge in [-0.25, -0.2) is 4.79 Å². The number of likely N-dealkylation sites (tertiary alicyclic amines) is 1. The molecular formula is C16H27NO2. The van der Waals surface area contributed by atoms with Crippen LogP contribution in [-0.2, 0) is 9.53 Å². The Hall–Kier alpha value is -1.09. The summed E-state index contributed by atoms with van der Waals surface area (Å²) in [4.78, 5) is 14.1.